The topological polar surface area (TPSA) is 58.2 Å². The normalized spacial score (nSPS) is 17.1. The van der Waals surface area contributed by atoms with E-state index < -0.39 is 5.82 Å². The molecular formula is C23H23F2N3O2. The molecule has 0 amide bonds. The van der Waals surface area contributed by atoms with Gasteiger partial charge in [0.25, 0.3) is 0 Å². The van der Waals surface area contributed by atoms with E-state index in [1.54, 1.807) is 18.3 Å². The number of ketones is 1. The van der Waals surface area contributed by atoms with Crippen molar-refractivity contribution in [2.45, 2.75) is 19.4 Å². The SMILES string of the molecule is COc1ccc(C(=O)C2CCCN(Cc3cn[nH]c3-c3cccc(F)c3)C2)cc1F. The molecule has 1 atom stereocenters. The lowest BCUT2D eigenvalue weighted by Gasteiger charge is -2.32. The van der Waals surface area contributed by atoms with Crippen LogP contribution in [0.3, 0.4) is 0 Å². The first-order valence-corrected chi connectivity index (χ1v) is 9.93. The summed E-state index contributed by atoms with van der Waals surface area (Å²) < 4.78 is 32.6. The second kappa shape index (κ2) is 8.75. The smallest absolute Gasteiger partial charge is 0.167 e. The minimum atomic E-state index is -0.533. The molecule has 1 fully saturated rings. The molecule has 4 rings (SSSR count). The fraction of sp³-hybridized carbons (Fsp3) is 0.304. The Labute approximate surface area is 173 Å². The Balaban J connectivity index is 1.47. The highest BCUT2D eigenvalue weighted by Gasteiger charge is 2.28. The van der Waals surface area contributed by atoms with Crippen molar-refractivity contribution >= 4 is 5.78 Å². The third-order valence-corrected chi connectivity index (χ3v) is 5.54. The summed E-state index contributed by atoms with van der Waals surface area (Å²) in [5.74, 6) is -0.964. The van der Waals surface area contributed by atoms with Crippen molar-refractivity contribution in [3.05, 3.63) is 71.4 Å². The van der Waals surface area contributed by atoms with E-state index in [1.165, 1.54) is 31.4 Å². The predicted octanol–water partition coefficient (Wildman–Crippen LogP) is 4.46. The molecule has 1 aliphatic rings. The number of likely N-dealkylation sites (tertiary alicyclic amines) is 1. The van der Waals surface area contributed by atoms with Gasteiger partial charge >= 0.3 is 0 Å². The van der Waals surface area contributed by atoms with Gasteiger partial charge in [-0.05, 0) is 49.7 Å². The molecule has 2 aromatic carbocycles. The van der Waals surface area contributed by atoms with Crippen molar-refractivity contribution in [3.63, 3.8) is 0 Å². The van der Waals surface area contributed by atoms with Crippen LogP contribution in [-0.4, -0.2) is 41.1 Å². The molecule has 0 bridgehead atoms. The van der Waals surface area contributed by atoms with Crippen molar-refractivity contribution in [1.29, 1.82) is 0 Å². The van der Waals surface area contributed by atoms with Crippen molar-refractivity contribution < 1.29 is 18.3 Å². The summed E-state index contributed by atoms with van der Waals surface area (Å²) in [4.78, 5) is 15.1. The largest absolute Gasteiger partial charge is 0.494 e. The Morgan fingerprint density at radius 3 is 2.90 bits per heavy atom. The highest BCUT2D eigenvalue weighted by Crippen LogP contribution is 2.27. The number of methoxy groups -OCH3 is 1. The van der Waals surface area contributed by atoms with E-state index in [0.29, 0.717) is 18.7 Å². The van der Waals surface area contributed by atoms with E-state index in [0.717, 1.165) is 36.2 Å². The summed E-state index contributed by atoms with van der Waals surface area (Å²) in [6.45, 7) is 2.04. The van der Waals surface area contributed by atoms with E-state index in [9.17, 15) is 13.6 Å². The van der Waals surface area contributed by atoms with Crippen LogP contribution in [0.4, 0.5) is 8.78 Å². The second-order valence-corrected chi connectivity index (χ2v) is 7.57. The van der Waals surface area contributed by atoms with Crippen molar-refractivity contribution in [1.82, 2.24) is 15.1 Å². The first kappa shape index (κ1) is 20.2. The van der Waals surface area contributed by atoms with Gasteiger partial charge in [-0.1, -0.05) is 12.1 Å². The third kappa shape index (κ3) is 4.26. The van der Waals surface area contributed by atoms with E-state index in [4.69, 9.17) is 4.74 Å². The number of rotatable bonds is 6. The van der Waals surface area contributed by atoms with Gasteiger partial charge in [-0.3, -0.25) is 14.8 Å². The first-order chi connectivity index (χ1) is 14.5. The first-order valence-electron chi connectivity index (χ1n) is 9.93. The Morgan fingerprint density at radius 1 is 1.27 bits per heavy atom. The Morgan fingerprint density at radius 2 is 2.13 bits per heavy atom. The summed E-state index contributed by atoms with van der Waals surface area (Å²) in [6.07, 6.45) is 3.39. The average Bonchev–Trinajstić information content (AvgIpc) is 3.21. The van der Waals surface area contributed by atoms with Crippen LogP contribution in [0.5, 0.6) is 5.75 Å². The number of piperidine rings is 1. The number of hydrogen-bond acceptors (Lipinski definition) is 4. The van der Waals surface area contributed by atoms with Crippen LogP contribution in [0, 0.1) is 17.6 Å². The van der Waals surface area contributed by atoms with Gasteiger partial charge in [0.1, 0.15) is 5.82 Å². The molecule has 5 nitrogen and oxygen atoms in total. The van der Waals surface area contributed by atoms with E-state index in [2.05, 4.69) is 15.1 Å². The lowest BCUT2D eigenvalue weighted by atomic mass is 9.89. The molecule has 0 spiro atoms. The molecule has 30 heavy (non-hydrogen) atoms. The number of nitrogens with one attached hydrogen (secondary N) is 1. The van der Waals surface area contributed by atoms with Gasteiger partial charge in [-0.25, -0.2) is 8.78 Å². The monoisotopic (exact) mass is 411 g/mol. The Bertz CT molecular complexity index is 1050. The number of carbonyl (C=O) groups excluding carboxylic acids is 1. The van der Waals surface area contributed by atoms with Gasteiger partial charge in [0.2, 0.25) is 0 Å². The number of halogens is 2. The molecule has 2 heterocycles. The van der Waals surface area contributed by atoms with E-state index in [1.807, 2.05) is 6.07 Å². The van der Waals surface area contributed by atoms with Gasteiger partial charge in [0, 0.05) is 35.7 Å². The lowest BCUT2D eigenvalue weighted by molar-refractivity contribution is 0.0811. The fourth-order valence-electron chi connectivity index (χ4n) is 4.03. The minimum Gasteiger partial charge on any atom is -0.494 e. The Hall–Kier alpha value is -3.06. The highest BCUT2D eigenvalue weighted by molar-refractivity contribution is 5.98. The van der Waals surface area contributed by atoms with Gasteiger partial charge in [-0.2, -0.15) is 5.10 Å². The number of aromatic nitrogens is 2. The van der Waals surface area contributed by atoms with Crippen molar-refractivity contribution in [2.24, 2.45) is 5.92 Å². The zero-order valence-corrected chi connectivity index (χ0v) is 16.7. The molecule has 0 saturated carbocycles. The van der Waals surface area contributed by atoms with Crippen LogP contribution in [-0.2, 0) is 6.54 Å². The average molecular weight is 411 g/mol. The number of ether oxygens (including phenoxy) is 1. The molecule has 1 saturated heterocycles. The van der Waals surface area contributed by atoms with Gasteiger partial charge in [0.05, 0.1) is 19.0 Å². The molecule has 156 valence electrons. The van der Waals surface area contributed by atoms with Crippen LogP contribution in [0.15, 0.2) is 48.7 Å². The molecule has 1 N–H and O–H groups in total. The van der Waals surface area contributed by atoms with Crippen LogP contribution in [0.1, 0.15) is 28.8 Å². The van der Waals surface area contributed by atoms with Crippen LogP contribution < -0.4 is 4.74 Å². The predicted molar refractivity (Wildman–Crippen MR) is 109 cm³/mol. The second-order valence-electron chi connectivity index (χ2n) is 7.57. The maximum atomic E-state index is 14.0. The van der Waals surface area contributed by atoms with Crippen LogP contribution in [0.2, 0.25) is 0 Å². The van der Waals surface area contributed by atoms with Gasteiger partial charge in [0.15, 0.2) is 17.3 Å². The molecule has 0 radical (unpaired) electrons. The summed E-state index contributed by atoms with van der Waals surface area (Å²) in [7, 11) is 1.40. The van der Waals surface area contributed by atoms with Crippen molar-refractivity contribution in [3.8, 4) is 17.0 Å². The number of hydrogen-bond donors (Lipinski definition) is 1. The highest BCUT2D eigenvalue weighted by atomic mass is 19.1. The lowest BCUT2D eigenvalue weighted by Crippen LogP contribution is -2.38. The summed E-state index contributed by atoms with van der Waals surface area (Å²) >= 11 is 0. The number of nitrogens with zero attached hydrogens (tertiary/aromatic N) is 2. The minimum absolute atomic E-state index is 0.0567. The zero-order valence-electron chi connectivity index (χ0n) is 16.7. The number of Topliss-reactive ketones (excluding diaryl/α,β-unsaturated/α-hetero) is 1. The maximum absolute atomic E-state index is 14.0. The van der Waals surface area contributed by atoms with Gasteiger partial charge in [-0.15, -0.1) is 0 Å². The number of H-pyrrole nitrogens is 1. The molecule has 3 aromatic rings. The van der Waals surface area contributed by atoms with Gasteiger partial charge < -0.3 is 4.74 Å². The standard InChI is InChI=1S/C23H23F2N3O2/c1-30-21-8-7-16(11-20(21)25)23(29)17-5-3-9-28(13-17)14-18-12-26-27-22(18)15-4-2-6-19(24)10-15/h2,4,6-8,10-12,17H,3,5,9,13-14H2,1H3,(H,26,27). The third-order valence-electron chi connectivity index (χ3n) is 5.54. The number of carbonyl (C=O) groups is 1. The molecular weight excluding hydrogens is 388 g/mol. The molecule has 1 aliphatic heterocycles. The number of benzene rings is 2. The molecule has 1 aromatic heterocycles. The summed E-state index contributed by atoms with van der Waals surface area (Å²) in [5.41, 5.74) is 2.83. The van der Waals surface area contributed by atoms with E-state index >= 15 is 0 Å². The quantitative estimate of drug-likeness (QED) is 0.609. The maximum Gasteiger partial charge on any atom is 0.167 e. The van der Waals surface area contributed by atoms with E-state index in [-0.39, 0.29) is 23.3 Å². The molecule has 7 heteroatoms. The molecule has 1 unspecified atom stereocenters. The van der Waals surface area contributed by atoms with Crippen molar-refractivity contribution in [2.75, 3.05) is 20.2 Å². The molecule has 0 aliphatic carbocycles. The summed E-state index contributed by atoms with van der Waals surface area (Å²) in [5, 5.41) is 7.08. The fourth-order valence-corrected chi connectivity index (χ4v) is 4.03. The van der Waals surface area contributed by atoms with Crippen LogP contribution in [0.25, 0.3) is 11.3 Å². The summed E-state index contributed by atoms with van der Waals surface area (Å²) in [6, 6.07) is 10.7. The van der Waals surface area contributed by atoms with Crippen LogP contribution >= 0.6 is 0 Å². The zero-order chi connectivity index (χ0) is 21.1. The Kier molecular flexibility index (Phi) is 5.90. The number of aromatic amines is 1.